The normalized spacial score (nSPS) is 21.9. The van der Waals surface area contributed by atoms with Crippen molar-refractivity contribution in [1.82, 2.24) is 10.2 Å². The van der Waals surface area contributed by atoms with Gasteiger partial charge in [0.15, 0.2) is 0 Å². The zero-order valence-corrected chi connectivity index (χ0v) is 13.9. The maximum atomic E-state index is 12.5. The fourth-order valence-corrected chi connectivity index (χ4v) is 3.25. The molecule has 0 radical (unpaired) electrons. The monoisotopic (exact) mass is 331 g/mol. The van der Waals surface area contributed by atoms with Gasteiger partial charge < -0.3 is 15.0 Å². The van der Waals surface area contributed by atoms with Gasteiger partial charge in [0.1, 0.15) is 5.92 Å². The summed E-state index contributed by atoms with van der Waals surface area (Å²) in [7, 11) is 0. The molecule has 0 saturated carbocycles. The Morgan fingerprint density at radius 3 is 2.67 bits per heavy atom. The first-order valence-corrected chi connectivity index (χ1v) is 8.70. The number of rotatable bonds is 6. The Morgan fingerprint density at radius 2 is 1.92 bits per heavy atom. The first-order chi connectivity index (χ1) is 11.8. The van der Waals surface area contributed by atoms with Crippen LogP contribution in [0.5, 0.6) is 0 Å². The number of nitrogens with one attached hydrogen (secondary N) is 1. The third-order valence-electron chi connectivity index (χ3n) is 4.64. The lowest BCUT2D eigenvalue weighted by atomic mass is 10.1. The van der Waals surface area contributed by atoms with Crippen LogP contribution in [0, 0.1) is 5.92 Å². The fraction of sp³-hybridized carbons (Fsp3) is 0.556. The van der Waals surface area contributed by atoms with Crippen molar-refractivity contribution in [3.63, 3.8) is 0 Å². The smallest absolute Gasteiger partial charge is 0.239 e. The number of morpholine rings is 1. The quantitative estimate of drug-likeness (QED) is 0.621. The van der Waals surface area contributed by atoms with E-state index < -0.39 is 5.92 Å². The second-order valence-electron chi connectivity index (χ2n) is 6.27. The minimum atomic E-state index is -0.548. The molecular formula is C18H25N3O3. The van der Waals surface area contributed by atoms with Gasteiger partial charge >= 0.3 is 0 Å². The van der Waals surface area contributed by atoms with Crippen LogP contribution >= 0.6 is 0 Å². The van der Waals surface area contributed by atoms with Gasteiger partial charge in [-0.25, -0.2) is 0 Å². The van der Waals surface area contributed by atoms with Gasteiger partial charge in [-0.15, -0.1) is 0 Å². The molecule has 3 rings (SSSR count). The number of carbonyl (C=O) groups is 2. The molecule has 2 aliphatic heterocycles. The van der Waals surface area contributed by atoms with Crippen molar-refractivity contribution in [3.8, 4) is 0 Å². The highest BCUT2D eigenvalue weighted by Crippen LogP contribution is 2.24. The molecule has 6 nitrogen and oxygen atoms in total. The van der Waals surface area contributed by atoms with Gasteiger partial charge in [0.2, 0.25) is 11.8 Å². The van der Waals surface area contributed by atoms with E-state index in [0.717, 1.165) is 45.0 Å². The van der Waals surface area contributed by atoms with Crippen LogP contribution in [0.2, 0.25) is 0 Å². The fourth-order valence-electron chi connectivity index (χ4n) is 3.25. The third-order valence-corrected chi connectivity index (χ3v) is 4.64. The molecular weight excluding hydrogens is 306 g/mol. The third kappa shape index (κ3) is 4.13. The Kier molecular flexibility index (Phi) is 5.82. The summed E-state index contributed by atoms with van der Waals surface area (Å²) in [5.74, 6) is -0.777. The first kappa shape index (κ1) is 16.9. The number of ether oxygens (including phenoxy) is 1. The molecule has 1 aromatic carbocycles. The highest BCUT2D eigenvalue weighted by atomic mass is 16.5. The van der Waals surface area contributed by atoms with Gasteiger partial charge in [-0.05, 0) is 31.5 Å². The Hall–Kier alpha value is -1.92. The van der Waals surface area contributed by atoms with Crippen LogP contribution in [0.3, 0.4) is 0 Å². The topological polar surface area (TPSA) is 61.9 Å². The van der Waals surface area contributed by atoms with Gasteiger partial charge in [-0.2, -0.15) is 0 Å². The van der Waals surface area contributed by atoms with Crippen molar-refractivity contribution in [2.24, 2.45) is 5.92 Å². The molecule has 1 aromatic rings. The van der Waals surface area contributed by atoms with Crippen molar-refractivity contribution in [3.05, 3.63) is 30.3 Å². The van der Waals surface area contributed by atoms with E-state index in [1.807, 2.05) is 30.3 Å². The zero-order chi connectivity index (χ0) is 16.8. The lowest BCUT2D eigenvalue weighted by Gasteiger charge is -2.26. The molecule has 0 aromatic heterocycles. The van der Waals surface area contributed by atoms with E-state index in [-0.39, 0.29) is 11.8 Å². The highest BCUT2D eigenvalue weighted by molar-refractivity contribution is 6.09. The predicted octanol–water partition coefficient (Wildman–Crippen LogP) is 0.878. The summed E-state index contributed by atoms with van der Waals surface area (Å²) in [6, 6.07) is 9.53. The molecule has 2 saturated heterocycles. The standard InChI is InChI=1S/C18H25N3O3/c22-17(19-8-4-9-20-11-13-24-14-12-20)16-7-10-21(18(16)23)15-5-2-1-3-6-15/h1-3,5-6,16H,4,7-14H2,(H,19,22). The summed E-state index contributed by atoms with van der Waals surface area (Å²) in [6.45, 7) is 5.68. The lowest BCUT2D eigenvalue weighted by molar-refractivity contribution is -0.132. The molecule has 2 aliphatic rings. The molecule has 6 heteroatoms. The van der Waals surface area contributed by atoms with E-state index in [2.05, 4.69) is 10.2 Å². The highest BCUT2D eigenvalue weighted by Gasteiger charge is 2.37. The summed E-state index contributed by atoms with van der Waals surface area (Å²) in [5, 5.41) is 2.92. The average molecular weight is 331 g/mol. The molecule has 2 fully saturated rings. The maximum Gasteiger partial charge on any atom is 0.239 e. The molecule has 1 unspecified atom stereocenters. The van der Waals surface area contributed by atoms with Gasteiger partial charge in [-0.1, -0.05) is 18.2 Å². The first-order valence-electron chi connectivity index (χ1n) is 8.70. The van der Waals surface area contributed by atoms with E-state index in [0.29, 0.717) is 19.5 Å². The molecule has 2 heterocycles. The molecule has 0 spiro atoms. The number of benzene rings is 1. The van der Waals surface area contributed by atoms with Crippen LogP contribution in [0.4, 0.5) is 5.69 Å². The predicted molar refractivity (Wildman–Crippen MR) is 91.8 cm³/mol. The van der Waals surface area contributed by atoms with Crippen LogP contribution < -0.4 is 10.2 Å². The number of hydrogen-bond donors (Lipinski definition) is 1. The van der Waals surface area contributed by atoms with Crippen LogP contribution in [0.1, 0.15) is 12.8 Å². The van der Waals surface area contributed by atoms with E-state index in [1.165, 1.54) is 0 Å². The maximum absolute atomic E-state index is 12.5. The van der Waals surface area contributed by atoms with Gasteiger partial charge in [0.25, 0.3) is 0 Å². The molecule has 24 heavy (non-hydrogen) atoms. The van der Waals surface area contributed by atoms with Crippen molar-refractivity contribution >= 4 is 17.5 Å². The molecule has 1 atom stereocenters. The number of anilines is 1. The van der Waals surface area contributed by atoms with E-state index in [9.17, 15) is 9.59 Å². The summed E-state index contributed by atoms with van der Waals surface area (Å²) < 4.78 is 5.32. The van der Waals surface area contributed by atoms with E-state index >= 15 is 0 Å². The van der Waals surface area contributed by atoms with Crippen molar-refractivity contribution in [2.75, 3.05) is 50.8 Å². The summed E-state index contributed by atoms with van der Waals surface area (Å²) in [4.78, 5) is 28.8. The Morgan fingerprint density at radius 1 is 1.17 bits per heavy atom. The van der Waals surface area contributed by atoms with Crippen molar-refractivity contribution in [2.45, 2.75) is 12.8 Å². The Bertz CT molecular complexity index is 558. The largest absolute Gasteiger partial charge is 0.379 e. The van der Waals surface area contributed by atoms with Crippen LogP contribution in [0.25, 0.3) is 0 Å². The van der Waals surface area contributed by atoms with Crippen LogP contribution in [0.15, 0.2) is 30.3 Å². The average Bonchev–Trinajstić information content (AvgIpc) is 3.02. The zero-order valence-electron chi connectivity index (χ0n) is 13.9. The Balaban J connectivity index is 1.41. The lowest BCUT2D eigenvalue weighted by Crippen LogP contribution is -2.40. The van der Waals surface area contributed by atoms with Gasteiger partial charge in [-0.3, -0.25) is 14.5 Å². The molecule has 0 aliphatic carbocycles. The number of nitrogens with zero attached hydrogens (tertiary/aromatic N) is 2. The van der Waals surface area contributed by atoms with Crippen LogP contribution in [-0.2, 0) is 14.3 Å². The summed E-state index contributed by atoms with van der Waals surface area (Å²) in [5.41, 5.74) is 0.866. The van der Waals surface area contributed by atoms with Crippen molar-refractivity contribution < 1.29 is 14.3 Å². The second-order valence-corrected chi connectivity index (χ2v) is 6.27. The molecule has 1 N–H and O–H groups in total. The SMILES string of the molecule is O=C(NCCCN1CCOCC1)C1CCN(c2ccccc2)C1=O. The minimum Gasteiger partial charge on any atom is -0.379 e. The molecule has 0 bridgehead atoms. The van der Waals surface area contributed by atoms with E-state index in [1.54, 1.807) is 4.90 Å². The van der Waals surface area contributed by atoms with Gasteiger partial charge in [0, 0.05) is 31.9 Å². The molecule has 130 valence electrons. The van der Waals surface area contributed by atoms with Gasteiger partial charge in [0.05, 0.1) is 13.2 Å². The second kappa shape index (κ2) is 8.26. The van der Waals surface area contributed by atoms with Crippen molar-refractivity contribution in [1.29, 1.82) is 0 Å². The summed E-state index contributed by atoms with van der Waals surface area (Å²) >= 11 is 0. The summed E-state index contributed by atoms with van der Waals surface area (Å²) in [6.07, 6.45) is 1.48. The number of carbonyl (C=O) groups excluding carboxylic acids is 2. The van der Waals surface area contributed by atoms with Crippen LogP contribution in [-0.4, -0.2) is 62.7 Å². The number of hydrogen-bond acceptors (Lipinski definition) is 4. The van der Waals surface area contributed by atoms with E-state index in [4.69, 9.17) is 4.74 Å². The minimum absolute atomic E-state index is 0.0909. The molecule has 2 amide bonds. The number of para-hydroxylation sites is 1. The number of amides is 2. The Labute approximate surface area is 142 Å².